The maximum Gasteiger partial charge on any atom is 0.397 e. The molecule has 0 bridgehead atoms. The fourth-order valence-corrected chi connectivity index (χ4v) is 1.71. The van der Waals surface area contributed by atoms with Crippen LogP contribution in [0.3, 0.4) is 0 Å². The van der Waals surface area contributed by atoms with Crippen molar-refractivity contribution in [1.29, 1.82) is 0 Å². The van der Waals surface area contributed by atoms with Crippen molar-refractivity contribution in [2.24, 2.45) is 0 Å². The Balaban J connectivity index is 0.00000289. The minimum atomic E-state index is -4.41. The van der Waals surface area contributed by atoms with Gasteiger partial charge in [0.2, 0.25) is 5.91 Å². The molecule has 108 valence electrons. The number of hydrogen-bond acceptors (Lipinski definition) is 3. The van der Waals surface area contributed by atoms with E-state index in [4.69, 9.17) is 0 Å². The maximum absolute atomic E-state index is 11.8. The van der Waals surface area contributed by atoms with Gasteiger partial charge in [-0.1, -0.05) is 0 Å². The van der Waals surface area contributed by atoms with Gasteiger partial charge in [0.25, 0.3) is 0 Å². The first-order valence-corrected chi connectivity index (χ1v) is 5.74. The van der Waals surface area contributed by atoms with Gasteiger partial charge in [0, 0.05) is 32.7 Å². The third-order valence-corrected chi connectivity index (χ3v) is 2.54. The molecule has 1 fully saturated rings. The van der Waals surface area contributed by atoms with Gasteiger partial charge in [-0.3, -0.25) is 4.79 Å². The van der Waals surface area contributed by atoms with Crippen molar-refractivity contribution in [1.82, 2.24) is 15.5 Å². The molecular formula is C10H19ClF3N3O. The normalized spacial score (nSPS) is 17.1. The van der Waals surface area contributed by atoms with Crippen LogP contribution in [0.5, 0.6) is 0 Å². The third-order valence-electron chi connectivity index (χ3n) is 2.54. The third kappa shape index (κ3) is 8.54. The molecule has 1 saturated heterocycles. The first kappa shape index (κ1) is 17.5. The second-order valence-electron chi connectivity index (χ2n) is 4.09. The molecule has 0 atom stereocenters. The zero-order valence-corrected chi connectivity index (χ0v) is 10.9. The average Bonchev–Trinajstić information content (AvgIpc) is 2.23. The molecule has 1 aliphatic rings. The second-order valence-corrected chi connectivity index (χ2v) is 4.09. The van der Waals surface area contributed by atoms with Crippen LogP contribution in [0.2, 0.25) is 0 Å². The number of hydrogen-bond donors (Lipinski definition) is 2. The Kier molecular flexibility index (Phi) is 8.30. The smallest absolute Gasteiger partial charge is 0.356 e. The topological polar surface area (TPSA) is 44.4 Å². The van der Waals surface area contributed by atoms with E-state index in [-0.39, 0.29) is 12.4 Å². The molecule has 0 spiro atoms. The predicted molar refractivity (Wildman–Crippen MR) is 64.9 cm³/mol. The SMILES string of the molecule is Cl.O=C(CC(F)(F)F)NCCCN1CCNCC1. The minimum absolute atomic E-state index is 0. The molecule has 0 unspecified atom stereocenters. The van der Waals surface area contributed by atoms with Crippen LogP contribution in [0, 0.1) is 0 Å². The lowest BCUT2D eigenvalue weighted by Crippen LogP contribution is -2.44. The summed E-state index contributed by atoms with van der Waals surface area (Å²) in [6.07, 6.45) is -5.12. The van der Waals surface area contributed by atoms with Gasteiger partial charge in [0.05, 0.1) is 0 Å². The molecule has 0 radical (unpaired) electrons. The Labute approximate surface area is 111 Å². The second kappa shape index (κ2) is 8.55. The van der Waals surface area contributed by atoms with E-state index < -0.39 is 18.5 Å². The van der Waals surface area contributed by atoms with Crippen LogP contribution in [-0.2, 0) is 4.79 Å². The molecule has 1 aliphatic heterocycles. The number of carbonyl (C=O) groups is 1. The lowest BCUT2D eigenvalue weighted by Gasteiger charge is -2.27. The van der Waals surface area contributed by atoms with Crippen LogP contribution in [0.15, 0.2) is 0 Å². The maximum atomic E-state index is 11.8. The zero-order valence-electron chi connectivity index (χ0n) is 10.1. The molecule has 8 heteroatoms. The molecule has 0 aromatic carbocycles. The van der Waals surface area contributed by atoms with Gasteiger partial charge in [0.1, 0.15) is 6.42 Å². The first-order valence-electron chi connectivity index (χ1n) is 5.74. The summed E-state index contributed by atoms with van der Waals surface area (Å²) in [5, 5.41) is 5.49. The number of nitrogens with zero attached hydrogens (tertiary/aromatic N) is 1. The van der Waals surface area contributed by atoms with Crippen LogP contribution in [0.4, 0.5) is 13.2 Å². The molecule has 4 nitrogen and oxygen atoms in total. The van der Waals surface area contributed by atoms with Crippen LogP contribution in [0.1, 0.15) is 12.8 Å². The molecule has 1 heterocycles. The quantitative estimate of drug-likeness (QED) is 0.735. The summed E-state index contributed by atoms with van der Waals surface area (Å²) in [6.45, 7) is 4.92. The molecule has 0 aromatic heterocycles. The summed E-state index contributed by atoms with van der Waals surface area (Å²) >= 11 is 0. The summed E-state index contributed by atoms with van der Waals surface area (Å²) in [5.74, 6) is -0.946. The lowest BCUT2D eigenvalue weighted by molar-refractivity contribution is -0.153. The van der Waals surface area contributed by atoms with Crippen molar-refractivity contribution in [3.05, 3.63) is 0 Å². The Morgan fingerprint density at radius 1 is 1.28 bits per heavy atom. The number of halogens is 4. The van der Waals surface area contributed by atoms with Crippen molar-refractivity contribution in [2.75, 3.05) is 39.3 Å². The molecule has 1 amide bonds. The highest BCUT2D eigenvalue weighted by Crippen LogP contribution is 2.18. The number of rotatable bonds is 5. The fraction of sp³-hybridized carbons (Fsp3) is 0.900. The first-order chi connectivity index (χ1) is 7.97. The standard InChI is InChI=1S/C10H18F3N3O.ClH/c11-10(12,13)8-9(17)15-2-1-5-16-6-3-14-4-7-16;/h14H,1-8H2,(H,15,17);1H. The van der Waals surface area contributed by atoms with Crippen molar-refractivity contribution in [3.8, 4) is 0 Å². The van der Waals surface area contributed by atoms with E-state index in [2.05, 4.69) is 15.5 Å². The highest BCUT2D eigenvalue weighted by atomic mass is 35.5. The van der Waals surface area contributed by atoms with E-state index in [1.807, 2.05) is 0 Å². The van der Waals surface area contributed by atoms with E-state index in [0.29, 0.717) is 13.0 Å². The largest absolute Gasteiger partial charge is 0.397 e. The van der Waals surface area contributed by atoms with Crippen LogP contribution >= 0.6 is 12.4 Å². The number of piperazine rings is 1. The van der Waals surface area contributed by atoms with E-state index in [9.17, 15) is 18.0 Å². The fourth-order valence-electron chi connectivity index (χ4n) is 1.71. The van der Waals surface area contributed by atoms with Crippen molar-refractivity contribution in [2.45, 2.75) is 19.0 Å². The van der Waals surface area contributed by atoms with Crippen molar-refractivity contribution < 1.29 is 18.0 Å². The highest BCUT2D eigenvalue weighted by Gasteiger charge is 2.30. The summed E-state index contributed by atoms with van der Waals surface area (Å²) < 4.78 is 35.5. The highest BCUT2D eigenvalue weighted by molar-refractivity contribution is 5.85. The molecule has 18 heavy (non-hydrogen) atoms. The number of alkyl halides is 3. The number of nitrogens with one attached hydrogen (secondary N) is 2. The summed E-state index contributed by atoms with van der Waals surface area (Å²) in [5.41, 5.74) is 0. The molecule has 0 aromatic rings. The number of amides is 1. The van der Waals surface area contributed by atoms with Crippen LogP contribution < -0.4 is 10.6 Å². The average molecular weight is 290 g/mol. The Hall–Kier alpha value is -0.530. The Morgan fingerprint density at radius 3 is 2.44 bits per heavy atom. The number of carbonyl (C=O) groups excluding carboxylic acids is 1. The van der Waals surface area contributed by atoms with E-state index in [1.54, 1.807) is 0 Å². The molecule has 0 saturated carbocycles. The van der Waals surface area contributed by atoms with Crippen molar-refractivity contribution >= 4 is 18.3 Å². The monoisotopic (exact) mass is 289 g/mol. The predicted octanol–water partition coefficient (Wildman–Crippen LogP) is 0.772. The lowest BCUT2D eigenvalue weighted by atomic mass is 10.3. The molecular weight excluding hydrogens is 271 g/mol. The Morgan fingerprint density at radius 2 is 1.89 bits per heavy atom. The zero-order chi connectivity index (χ0) is 12.7. The minimum Gasteiger partial charge on any atom is -0.356 e. The van der Waals surface area contributed by atoms with Gasteiger partial charge in [-0.2, -0.15) is 13.2 Å². The Bertz CT molecular complexity index is 245. The van der Waals surface area contributed by atoms with Gasteiger partial charge in [0.15, 0.2) is 0 Å². The van der Waals surface area contributed by atoms with Gasteiger partial charge >= 0.3 is 6.18 Å². The summed E-state index contributed by atoms with van der Waals surface area (Å²) in [6, 6.07) is 0. The van der Waals surface area contributed by atoms with E-state index in [1.165, 1.54) is 0 Å². The summed E-state index contributed by atoms with van der Waals surface area (Å²) in [7, 11) is 0. The van der Waals surface area contributed by atoms with Crippen molar-refractivity contribution in [3.63, 3.8) is 0 Å². The van der Waals surface area contributed by atoms with Crippen LogP contribution in [-0.4, -0.2) is 56.3 Å². The van der Waals surface area contributed by atoms with Gasteiger partial charge in [-0.05, 0) is 13.0 Å². The van der Waals surface area contributed by atoms with E-state index >= 15 is 0 Å². The van der Waals surface area contributed by atoms with Crippen LogP contribution in [0.25, 0.3) is 0 Å². The summed E-state index contributed by atoms with van der Waals surface area (Å²) in [4.78, 5) is 13.1. The van der Waals surface area contributed by atoms with E-state index in [0.717, 1.165) is 32.7 Å². The molecule has 2 N–H and O–H groups in total. The van der Waals surface area contributed by atoms with Gasteiger partial charge in [-0.15, -0.1) is 12.4 Å². The van der Waals surface area contributed by atoms with Gasteiger partial charge < -0.3 is 15.5 Å². The van der Waals surface area contributed by atoms with Gasteiger partial charge in [-0.25, -0.2) is 0 Å². The molecule has 1 rings (SSSR count). The molecule has 0 aliphatic carbocycles.